The summed E-state index contributed by atoms with van der Waals surface area (Å²) in [6.45, 7) is 6.53. The molecule has 1 aliphatic heterocycles. The molecule has 0 amide bonds. The number of rotatable bonds is 4. The van der Waals surface area contributed by atoms with Crippen LogP contribution < -0.4 is 10.1 Å². The van der Waals surface area contributed by atoms with Crippen LogP contribution in [0.25, 0.3) is 0 Å². The van der Waals surface area contributed by atoms with Crippen LogP contribution in [0.1, 0.15) is 25.3 Å². The normalized spacial score (nSPS) is 27.6. The Balaban J connectivity index is 1.72. The van der Waals surface area contributed by atoms with Crippen LogP contribution in [-0.4, -0.2) is 37.2 Å². The fourth-order valence-corrected chi connectivity index (χ4v) is 3.53. The van der Waals surface area contributed by atoms with E-state index in [0.717, 1.165) is 42.9 Å². The van der Waals surface area contributed by atoms with E-state index in [9.17, 15) is 0 Å². The van der Waals surface area contributed by atoms with Gasteiger partial charge in [0.05, 0.1) is 7.11 Å². The Labute approximate surface area is 126 Å². The molecule has 4 heteroatoms. The number of hydrogen-bond donors (Lipinski definition) is 1. The number of methoxy groups -OCH3 is 1. The van der Waals surface area contributed by atoms with Crippen molar-refractivity contribution in [3.63, 3.8) is 0 Å². The third-order valence-corrected chi connectivity index (χ3v) is 4.86. The van der Waals surface area contributed by atoms with Crippen LogP contribution in [-0.2, 0) is 6.54 Å². The summed E-state index contributed by atoms with van der Waals surface area (Å²) in [5.41, 5.74) is 1.46. The number of piperazine rings is 1. The van der Waals surface area contributed by atoms with Gasteiger partial charge >= 0.3 is 0 Å². The maximum Gasteiger partial charge on any atom is 0.123 e. The Bertz CT molecular complexity index is 489. The van der Waals surface area contributed by atoms with Crippen LogP contribution in [0.5, 0.6) is 5.75 Å². The molecule has 110 valence electrons. The number of nitrogens with zero attached hydrogens (tertiary/aromatic N) is 1. The van der Waals surface area contributed by atoms with Crippen LogP contribution in [0.4, 0.5) is 0 Å². The lowest BCUT2D eigenvalue weighted by molar-refractivity contribution is 0.120. The Kier molecular flexibility index (Phi) is 3.93. The summed E-state index contributed by atoms with van der Waals surface area (Å²) in [7, 11) is 1.72. The Morgan fingerprint density at radius 3 is 2.95 bits per heavy atom. The lowest BCUT2D eigenvalue weighted by atomic mass is 9.92. The van der Waals surface area contributed by atoms with Gasteiger partial charge in [-0.25, -0.2) is 0 Å². The highest BCUT2D eigenvalue weighted by atomic mass is 35.5. The van der Waals surface area contributed by atoms with Crippen molar-refractivity contribution >= 4 is 11.6 Å². The number of benzene rings is 1. The van der Waals surface area contributed by atoms with Crippen molar-refractivity contribution in [3.8, 4) is 5.75 Å². The van der Waals surface area contributed by atoms with Crippen LogP contribution in [0.2, 0.25) is 5.02 Å². The molecule has 1 unspecified atom stereocenters. The molecular formula is C16H23ClN2O. The summed E-state index contributed by atoms with van der Waals surface area (Å²) in [5.74, 6) is 1.78. The molecule has 1 N–H and O–H groups in total. The predicted octanol–water partition coefficient (Wildman–Crippen LogP) is 2.92. The van der Waals surface area contributed by atoms with Crippen LogP contribution in [0.15, 0.2) is 18.2 Å². The van der Waals surface area contributed by atoms with Crippen molar-refractivity contribution in [1.29, 1.82) is 0 Å². The zero-order valence-corrected chi connectivity index (χ0v) is 13.0. The van der Waals surface area contributed by atoms with Crippen molar-refractivity contribution < 1.29 is 4.74 Å². The van der Waals surface area contributed by atoms with E-state index in [0.29, 0.717) is 0 Å². The summed E-state index contributed by atoms with van der Waals surface area (Å²) in [6.07, 6.45) is 2.75. The highest BCUT2D eigenvalue weighted by Crippen LogP contribution is 2.41. The van der Waals surface area contributed by atoms with Gasteiger partial charge in [-0.3, -0.25) is 4.90 Å². The Morgan fingerprint density at radius 1 is 1.45 bits per heavy atom. The topological polar surface area (TPSA) is 24.5 Å². The smallest absolute Gasteiger partial charge is 0.123 e. The highest BCUT2D eigenvalue weighted by molar-refractivity contribution is 6.30. The molecule has 1 atom stereocenters. The van der Waals surface area contributed by atoms with Gasteiger partial charge in [-0.15, -0.1) is 0 Å². The molecule has 0 bridgehead atoms. The first-order valence-corrected chi connectivity index (χ1v) is 7.78. The van der Waals surface area contributed by atoms with E-state index in [4.69, 9.17) is 16.3 Å². The quantitative estimate of drug-likeness (QED) is 0.924. The first kappa shape index (κ1) is 14.2. The largest absolute Gasteiger partial charge is 0.496 e. The van der Waals surface area contributed by atoms with E-state index in [1.165, 1.54) is 18.4 Å². The Hall–Kier alpha value is -0.770. The predicted molar refractivity (Wildman–Crippen MR) is 82.4 cm³/mol. The van der Waals surface area contributed by atoms with Crippen LogP contribution in [0.3, 0.4) is 0 Å². The third kappa shape index (κ3) is 2.95. The minimum absolute atomic E-state index is 0.282. The van der Waals surface area contributed by atoms with Crippen LogP contribution in [0, 0.1) is 5.92 Å². The summed E-state index contributed by atoms with van der Waals surface area (Å²) >= 11 is 6.12. The molecular weight excluding hydrogens is 272 g/mol. The molecule has 1 aromatic carbocycles. The second-order valence-electron chi connectivity index (χ2n) is 6.29. The van der Waals surface area contributed by atoms with Gasteiger partial charge in [0.2, 0.25) is 0 Å². The monoisotopic (exact) mass is 294 g/mol. The minimum Gasteiger partial charge on any atom is -0.496 e. The maximum absolute atomic E-state index is 6.12. The highest BCUT2D eigenvalue weighted by Gasteiger charge is 2.43. The molecule has 3 rings (SSSR count). The van der Waals surface area contributed by atoms with Gasteiger partial charge in [0.1, 0.15) is 5.75 Å². The van der Waals surface area contributed by atoms with Crippen molar-refractivity contribution in [2.24, 2.45) is 5.92 Å². The van der Waals surface area contributed by atoms with E-state index in [-0.39, 0.29) is 5.54 Å². The number of hydrogen-bond acceptors (Lipinski definition) is 3. The summed E-state index contributed by atoms with van der Waals surface area (Å²) < 4.78 is 5.45. The lowest BCUT2D eigenvalue weighted by Gasteiger charge is -2.42. The van der Waals surface area contributed by atoms with E-state index in [1.54, 1.807) is 7.11 Å². The second-order valence-corrected chi connectivity index (χ2v) is 6.72. The molecule has 2 aliphatic rings. The maximum atomic E-state index is 6.12. The van der Waals surface area contributed by atoms with Gasteiger partial charge in [0.25, 0.3) is 0 Å². The zero-order chi connectivity index (χ0) is 14.2. The molecule has 1 saturated heterocycles. The van der Waals surface area contributed by atoms with E-state index >= 15 is 0 Å². The van der Waals surface area contributed by atoms with Crippen molar-refractivity contribution in [1.82, 2.24) is 10.2 Å². The van der Waals surface area contributed by atoms with E-state index in [1.807, 2.05) is 18.2 Å². The Morgan fingerprint density at radius 2 is 2.25 bits per heavy atom. The fraction of sp³-hybridized carbons (Fsp3) is 0.625. The van der Waals surface area contributed by atoms with Gasteiger partial charge in [-0.1, -0.05) is 11.6 Å². The number of halogens is 1. The molecule has 1 saturated carbocycles. The van der Waals surface area contributed by atoms with E-state index in [2.05, 4.69) is 17.1 Å². The first-order valence-electron chi connectivity index (χ1n) is 7.40. The summed E-state index contributed by atoms with van der Waals surface area (Å²) in [4.78, 5) is 2.52. The standard InChI is InChI=1S/C16H23ClN2O/c1-16(13-3-4-13)11-19(8-7-18-16)10-12-9-14(17)5-6-15(12)20-2/h5-6,9,13,18H,3-4,7-8,10-11H2,1-2H3. The molecule has 2 fully saturated rings. The minimum atomic E-state index is 0.282. The summed E-state index contributed by atoms with van der Waals surface area (Å²) in [6, 6.07) is 5.87. The first-order chi connectivity index (χ1) is 9.60. The molecule has 0 spiro atoms. The summed E-state index contributed by atoms with van der Waals surface area (Å²) in [5, 5.41) is 4.49. The van der Waals surface area contributed by atoms with Crippen molar-refractivity contribution in [3.05, 3.63) is 28.8 Å². The van der Waals surface area contributed by atoms with Crippen molar-refractivity contribution in [2.75, 3.05) is 26.7 Å². The van der Waals surface area contributed by atoms with Gasteiger partial charge in [0, 0.05) is 42.3 Å². The van der Waals surface area contributed by atoms with Gasteiger partial charge in [0.15, 0.2) is 0 Å². The van der Waals surface area contributed by atoms with Gasteiger partial charge in [-0.05, 0) is 43.9 Å². The van der Waals surface area contributed by atoms with Crippen molar-refractivity contribution in [2.45, 2.75) is 31.8 Å². The fourth-order valence-electron chi connectivity index (χ4n) is 3.34. The SMILES string of the molecule is COc1ccc(Cl)cc1CN1CCNC(C)(C2CC2)C1. The molecule has 20 heavy (non-hydrogen) atoms. The number of nitrogens with one attached hydrogen (secondary N) is 1. The molecule has 0 aromatic heterocycles. The zero-order valence-electron chi connectivity index (χ0n) is 12.3. The molecule has 1 aliphatic carbocycles. The average molecular weight is 295 g/mol. The molecule has 1 heterocycles. The molecule has 1 aromatic rings. The van der Waals surface area contributed by atoms with Gasteiger partial charge < -0.3 is 10.1 Å². The molecule has 0 radical (unpaired) electrons. The average Bonchev–Trinajstić information content (AvgIpc) is 3.24. The van der Waals surface area contributed by atoms with E-state index < -0.39 is 0 Å². The second kappa shape index (κ2) is 5.55. The van der Waals surface area contributed by atoms with Gasteiger partial charge in [-0.2, -0.15) is 0 Å². The number of ether oxygens (including phenoxy) is 1. The third-order valence-electron chi connectivity index (χ3n) is 4.62. The van der Waals surface area contributed by atoms with Crippen LogP contribution >= 0.6 is 11.6 Å². The molecule has 3 nitrogen and oxygen atoms in total. The lowest BCUT2D eigenvalue weighted by Crippen LogP contribution is -2.59.